The number of nitrogens with zero attached hydrogens (tertiary/aromatic N) is 2. The number of hydrogen-bond donors (Lipinski definition) is 1. The Morgan fingerprint density at radius 2 is 2.31 bits per heavy atom. The van der Waals surface area contributed by atoms with Crippen LogP contribution in [0.3, 0.4) is 0 Å². The van der Waals surface area contributed by atoms with E-state index in [0.29, 0.717) is 5.92 Å². The molecule has 0 aliphatic heterocycles. The van der Waals surface area contributed by atoms with Gasteiger partial charge in [-0.3, -0.25) is 0 Å². The molecule has 1 atom stereocenters. The van der Waals surface area contributed by atoms with Crippen LogP contribution in [-0.4, -0.2) is 23.6 Å². The highest BCUT2D eigenvalue weighted by Crippen LogP contribution is 2.13. The third-order valence-corrected chi connectivity index (χ3v) is 2.12. The molecular weight excluding hydrogens is 162 g/mol. The first-order valence-electron chi connectivity index (χ1n) is 4.72. The highest BCUT2D eigenvalue weighted by Gasteiger charge is 2.10. The molecule has 0 radical (unpaired) electrons. The fourth-order valence-corrected chi connectivity index (χ4v) is 1.33. The number of hydrogen-bond acceptors (Lipinski definition) is 3. The summed E-state index contributed by atoms with van der Waals surface area (Å²) in [5.74, 6) is 1.39. The van der Waals surface area contributed by atoms with E-state index in [9.17, 15) is 0 Å². The molecule has 0 aliphatic carbocycles. The summed E-state index contributed by atoms with van der Waals surface area (Å²) in [6.45, 7) is 5.10. The van der Waals surface area contributed by atoms with Gasteiger partial charge in [-0.1, -0.05) is 6.92 Å². The van der Waals surface area contributed by atoms with Crippen molar-refractivity contribution in [2.75, 3.05) is 13.6 Å². The first-order valence-corrected chi connectivity index (χ1v) is 4.72. The van der Waals surface area contributed by atoms with Crippen LogP contribution in [0.2, 0.25) is 0 Å². The van der Waals surface area contributed by atoms with Crippen LogP contribution in [0.1, 0.15) is 30.8 Å². The van der Waals surface area contributed by atoms with E-state index in [-0.39, 0.29) is 0 Å². The highest BCUT2D eigenvalue weighted by molar-refractivity contribution is 5.04. The van der Waals surface area contributed by atoms with Gasteiger partial charge in [0.25, 0.3) is 0 Å². The molecule has 3 heteroatoms. The molecule has 0 fully saturated rings. The summed E-state index contributed by atoms with van der Waals surface area (Å²) in [5, 5.41) is 3.16. The maximum atomic E-state index is 4.41. The fraction of sp³-hybridized carbons (Fsp3) is 0.600. The van der Waals surface area contributed by atoms with Crippen molar-refractivity contribution >= 4 is 0 Å². The zero-order valence-corrected chi connectivity index (χ0v) is 8.54. The monoisotopic (exact) mass is 179 g/mol. The van der Waals surface area contributed by atoms with Crippen LogP contribution >= 0.6 is 0 Å². The second-order valence-electron chi connectivity index (χ2n) is 3.22. The first kappa shape index (κ1) is 10.1. The zero-order valence-electron chi connectivity index (χ0n) is 8.54. The van der Waals surface area contributed by atoms with Gasteiger partial charge in [0.2, 0.25) is 0 Å². The lowest BCUT2D eigenvalue weighted by Gasteiger charge is -2.12. The summed E-state index contributed by atoms with van der Waals surface area (Å²) < 4.78 is 0. The molecule has 1 aromatic heterocycles. The average molecular weight is 179 g/mol. The predicted molar refractivity (Wildman–Crippen MR) is 53.7 cm³/mol. The van der Waals surface area contributed by atoms with Gasteiger partial charge < -0.3 is 5.32 Å². The average Bonchev–Trinajstić information content (AvgIpc) is 2.14. The quantitative estimate of drug-likeness (QED) is 0.761. The Balaban J connectivity index is 2.78. The predicted octanol–water partition coefficient (Wildman–Crippen LogP) is 1.50. The summed E-state index contributed by atoms with van der Waals surface area (Å²) in [6.07, 6.45) is 2.90. The van der Waals surface area contributed by atoms with Gasteiger partial charge in [-0.15, -0.1) is 0 Å². The fourth-order valence-electron chi connectivity index (χ4n) is 1.33. The Morgan fingerprint density at radius 1 is 1.54 bits per heavy atom. The smallest absolute Gasteiger partial charge is 0.132 e. The standard InChI is InChI=1S/C10H17N3/c1-4-9(7-11-3)10-12-6-5-8(2)13-10/h5-6,9,11H,4,7H2,1-3H3. The molecule has 0 spiro atoms. The van der Waals surface area contributed by atoms with Gasteiger partial charge in [-0.25, -0.2) is 9.97 Å². The van der Waals surface area contributed by atoms with Gasteiger partial charge in [-0.2, -0.15) is 0 Å². The molecule has 0 aliphatic rings. The molecule has 1 rings (SSSR count). The molecule has 0 saturated heterocycles. The zero-order chi connectivity index (χ0) is 9.68. The Kier molecular flexibility index (Phi) is 3.83. The van der Waals surface area contributed by atoms with E-state index in [4.69, 9.17) is 0 Å². The molecule has 1 N–H and O–H groups in total. The third kappa shape index (κ3) is 2.77. The van der Waals surface area contributed by atoms with Crippen LogP contribution < -0.4 is 5.32 Å². The third-order valence-electron chi connectivity index (χ3n) is 2.12. The Hall–Kier alpha value is -0.960. The minimum absolute atomic E-state index is 0.435. The summed E-state index contributed by atoms with van der Waals surface area (Å²) in [7, 11) is 1.96. The van der Waals surface area contributed by atoms with Crippen molar-refractivity contribution in [3.8, 4) is 0 Å². The minimum atomic E-state index is 0.435. The first-order chi connectivity index (χ1) is 6.27. The van der Waals surface area contributed by atoms with Gasteiger partial charge in [0.15, 0.2) is 0 Å². The molecule has 0 saturated carbocycles. The van der Waals surface area contributed by atoms with Crippen LogP contribution in [0.4, 0.5) is 0 Å². The minimum Gasteiger partial charge on any atom is -0.319 e. The van der Waals surface area contributed by atoms with E-state index in [1.165, 1.54) is 0 Å². The van der Waals surface area contributed by atoms with E-state index >= 15 is 0 Å². The second-order valence-corrected chi connectivity index (χ2v) is 3.22. The largest absolute Gasteiger partial charge is 0.319 e. The van der Waals surface area contributed by atoms with Crippen LogP contribution in [0.5, 0.6) is 0 Å². The molecule has 72 valence electrons. The summed E-state index contributed by atoms with van der Waals surface area (Å²) in [4.78, 5) is 8.69. The normalized spacial score (nSPS) is 12.8. The number of aryl methyl sites for hydroxylation is 1. The topological polar surface area (TPSA) is 37.8 Å². The van der Waals surface area contributed by atoms with Crippen LogP contribution in [0.15, 0.2) is 12.3 Å². The molecule has 0 bridgehead atoms. The van der Waals surface area contributed by atoms with Crippen molar-refractivity contribution in [1.29, 1.82) is 0 Å². The van der Waals surface area contributed by atoms with Gasteiger partial charge in [0.05, 0.1) is 0 Å². The second kappa shape index (κ2) is 4.92. The van der Waals surface area contributed by atoms with E-state index in [2.05, 4.69) is 22.2 Å². The van der Waals surface area contributed by atoms with E-state index in [0.717, 1.165) is 24.5 Å². The lowest BCUT2D eigenvalue weighted by atomic mass is 10.1. The molecule has 13 heavy (non-hydrogen) atoms. The maximum Gasteiger partial charge on any atom is 0.132 e. The lowest BCUT2D eigenvalue weighted by molar-refractivity contribution is 0.578. The van der Waals surface area contributed by atoms with Crippen molar-refractivity contribution in [3.63, 3.8) is 0 Å². The molecule has 1 heterocycles. The van der Waals surface area contributed by atoms with Gasteiger partial charge in [0.1, 0.15) is 5.82 Å². The molecular formula is C10H17N3. The SMILES string of the molecule is CCC(CNC)c1nccc(C)n1. The molecule has 1 aromatic rings. The number of rotatable bonds is 4. The van der Waals surface area contributed by atoms with E-state index < -0.39 is 0 Å². The van der Waals surface area contributed by atoms with E-state index in [1.807, 2.05) is 26.2 Å². The summed E-state index contributed by atoms with van der Waals surface area (Å²) in [5.41, 5.74) is 1.04. The number of nitrogens with one attached hydrogen (secondary N) is 1. The Labute approximate surface area is 79.6 Å². The van der Waals surface area contributed by atoms with Crippen LogP contribution in [0, 0.1) is 6.92 Å². The Morgan fingerprint density at radius 3 is 2.85 bits per heavy atom. The number of likely N-dealkylation sites (N-methyl/N-ethyl adjacent to an activating group) is 1. The summed E-state index contributed by atoms with van der Waals surface area (Å²) >= 11 is 0. The molecule has 1 unspecified atom stereocenters. The van der Waals surface area contributed by atoms with Gasteiger partial charge >= 0.3 is 0 Å². The summed E-state index contributed by atoms with van der Waals surface area (Å²) in [6, 6.07) is 1.93. The van der Waals surface area contributed by atoms with Crippen molar-refractivity contribution < 1.29 is 0 Å². The van der Waals surface area contributed by atoms with Crippen LogP contribution in [0.25, 0.3) is 0 Å². The van der Waals surface area contributed by atoms with Crippen molar-refractivity contribution in [1.82, 2.24) is 15.3 Å². The maximum absolute atomic E-state index is 4.41. The number of aromatic nitrogens is 2. The molecule has 0 amide bonds. The van der Waals surface area contributed by atoms with Gasteiger partial charge in [0, 0.05) is 24.4 Å². The van der Waals surface area contributed by atoms with Crippen molar-refractivity contribution in [3.05, 3.63) is 23.8 Å². The Bertz CT molecular complexity index is 260. The molecule has 3 nitrogen and oxygen atoms in total. The van der Waals surface area contributed by atoms with Crippen molar-refractivity contribution in [2.24, 2.45) is 0 Å². The van der Waals surface area contributed by atoms with Crippen LogP contribution in [-0.2, 0) is 0 Å². The molecule has 0 aromatic carbocycles. The van der Waals surface area contributed by atoms with E-state index in [1.54, 1.807) is 0 Å². The highest BCUT2D eigenvalue weighted by atomic mass is 14.9. The lowest BCUT2D eigenvalue weighted by Crippen LogP contribution is -2.18. The van der Waals surface area contributed by atoms with Crippen molar-refractivity contribution in [2.45, 2.75) is 26.2 Å². The van der Waals surface area contributed by atoms with Gasteiger partial charge in [-0.05, 0) is 26.5 Å².